The Bertz CT molecular complexity index is 1140. The van der Waals surface area contributed by atoms with E-state index < -0.39 is 41.6 Å². The van der Waals surface area contributed by atoms with E-state index >= 15 is 0 Å². The largest absolute Gasteiger partial charge is 0.508 e. The molecule has 2 aromatic carbocycles. The van der Waals surface area contributed by atoms with Crippen LogP contribution in [-0.2, 0) is 14.3 Å². The molecule has 2 unspecified atom stereocenters. The molecule has 0 saturated heterocycles. The molecular formula is C30H43N3O6. The van der Waals surface area contributed by atoms with Gasteiger partial charge in [0, 0.05) is 11.7 Å². The van der Waals surface area contributed by atoms with Gasteiger partial charge >= 0.3 is 6.09 Å². The summed E-state index contributed by atoms with van der Waals surface area (Å²) in [6, 6.07) is 9.32. The van der Waals surface area contributed by atoms with Gasteiger partial charge in [-0.2, -0.15) is 0 Å². The summed E-state index contributed by atoms with van der Waals surface area (Å²) in [4.78, 5) is 42.2. The molecule has 0 fully saturated rings. The average Bonchev–Trinajstić information content (AvgIpc) is 2.82. The third-order valence-electron chi connectivity index (χ3n) is 5.93. The number of alkyl carbamates (subject to hydrolysis) is 1. The normalized spacial score (nSPS) is 13.0. The monoisotopic (exact) mass is 541 g/mol. The maximum absolute atomic E-state index is 14.1. The first-order valence-electron chi connectivity index (χ1n) is 13.2. The Morgan fingerprint density at radius 3 is 2.10 bits per heavy atom. The predicted octanol–water partition coefficient (Wildman–Crippen LogP) is 5.57. The van der Waals surface area contributed by atoms with Crippen molar-refractivity contribution in [1.29, 1.82) is 0 Å². The fraction of sp³-hybridized carbons (Fsp3) is 0.500. The van der Waals surface area contributed by atoms with E-state index in [0.717, 1.165) is 0 Å². The van der Waals surface area contributed by atoms with Crippen molar-refractivity contribution in [3.05, 3.63) is 53.6 Å². The van der Waals surface area contributed by atoms with Crippen molar-refractivity contribution in [2.75, 3.05) is 12.4 Å². The van der Waals surface area contributed by atoms with E-state index in [4.69, 9.17) is 9.47 Å². The summed E-state index contributed by atoms with van der Waals surface area (Å²) in [7, 11) is 1.56. The summed E-state index contributed by atoms with van der Waals surface area (Å²) in [5, 5.41) is 15.8. The third-order valence-corrected chi connectivity index (χ3v) is 5.93. The first-order chi connectivity index (χ1) is 18.1. The molecule has 0 aromatic heterocycles. The lowest BCUT2D eigenvalue weighted by atomic mass is 9.97. The lowest BCUT2D eigenvalue weighted by Gasteiger charge is -2.37. The third kappa shape index (κ3) is 9.19. The van der Waals surface area contributed by atoms with Gasteiger partial charge in [-0.05, 0) is 101 Å². The average molecular weight is 542 g/mol. The highest BCUT2D eigenvalue weighted by molar-refractivity contribution is 5.99. The van der Waals surface area contributed by atoms with E-state index in [9.17, 15) is 19.5 Å². The van der Waals surface area contributed by atoms with Gasteiger partial charge in [0.2, 0.25) is 5.91 Å². The SMILES string of the molecule is COc1ccc(NC(=O)C(c2ccc(O)c(C)c2)N(C(=O)C(CC(C)C)NC(=O)OC(C)(C)C)C(C)C)cc1. The van der Waals surface area contributed by atoms with Crippen molar-refractivity contribution in [1.82, 2.24) is 10.2 Å². The Labute approximate surface area is 231 Å². The molecule has 0 aliphatic heterocycles. The van der Waals surface area contributed by atoms with Gasteiger partial charge in [0.05, 0.1) is 7.11 Å². The second-order valence-electron chi connectivity index (χ2n) is 11.3. The fourth-order valence-corrected chi connectivity index (χ4v) is 4.17. The summed E-state index contributed by atoms with van der Waals surface area (Å²) in [5.74, 6) is -0.0503. The molecular weight excluding hydrogens is 498 g/mol. The zero-order valence-electron chi connectivity index (χ0n) is 24.5. The van der Waals surface area contributed by atoms with Crippen molar-refractivity contribution in [2.45, 2.75) is 85.5 Å². The minimum absolute atomic E-state index is 0.0744. The maximum Gasteiger partial charge on any atom is 0.408 e. The Morgan fingerprint density at radius 2 is 1.62 bits per heavy atom. The van der Waals surface area contributed by atoms with Gasteiger partial charge in [-0.1, -0.05) is 19.9 Å². The van der Waals surface area contributed by atoms with Gasteiger partial charge < -0.3 is 30.1 Å². The number of nitrogens with one attached hydrogen (secondary N) is 2. The summed E-state index contributed by atoms with van der Waals surface area (Å²) in [5.41, 5.74) is 0.885. The summed E-state index contributed by atoms with van der Waals surface area (Å²) < 4.78 is 10.6. The predicted molar refractivity (Wildman–Crippen MR) is 152 cm³/mol. The van der Waals surface area contributed by atoms with Gasteiger partial charge in [-0.15, -0.1) is 0 Å². The molecule has 39 heavy (non-hydrogen) atoms. The molecule has 0 heterocycles. The fourth-order valence-electron chi connectivity index (χ4n) is 4.17. The Morgan fingerprint density at radius 1 is 1.00 bits per heavy atom. The van der Waals surface area contributed by atoms with Crippen molar-refractivity contribution in [3.8, 4) is 11.5 Å². The van der Waals surface area contributed by atoms with Gasteiger partial charge in [0.1, 0.15) is 29.2 Å². The van der Waals surface area contributed by atoms with E-state index in [-0.39, 0.29) is 11.7 Å². The van der Waals surface area contributed by atoms with Crippen LogP contribution < -0.4 is 15.4 Å². The number of aromatic hydroxyl groups is 1. The van der Waals surface area contributed by atoms with Crippen LogP contribution in [0.3, 0.4) is 0 Å². The molecule has 0 bridgehead atoms. The van der Waals surface area contributed by atoms with Crippen LogP contribution in [-0.4, -0.2) is 52.7 Å². The molecule has 9 heteroatoms. The van der Waals surface area contributed by atoms with Crippen molar-refractivity contribution >= 4 is 23.6 Å². The van der Waals surface area contributed by atoms with Crippen LogP contribution in [0, 0.1) is 12.8 Å². The molecule has 3 N–H and O–H groups in total. The number of hydrogen-bond acceptors (Lipinski definition) is 6. The van der Waals surface area contributed by atoms with Crippen molar-refractivity contribution in [2.24, 2.45) is 5.92 Å². The highest BCUT2D eigenvalue weighted by Crippen LogP contribution is 2.30. The van der Waals surface area contributed by atoms with Crippen LogP contribution in [0.4, 0.5) is 10.5 Å². The summed E-state index contributed by atoms with van der Waals surface area (Å²) in [6.45, 7) is 14.5. The number of hydrogen-bond donors (Lipinski definition) is 3. The van der Waals surface area contributed by atoms with Crippen LogP contribution >= 0.6 is 0 Å². The number of carbonyl (C=O) groups is 3. The highest BCUT2D eigenvalue weighted by Gasteiger charge is 2.38. The van der Waals surface area contributed by atoms with E-state index in [2.05, 4.69) is 10.6 Å². The molecule has 2 rings (SSSR count). The lowest BCUT2D eigenvalue weighted by Crippen LogP contribution is -2.54. The smallest absolute Gasteiger partial charge is 0.408 e. The van der Waals surface area contributed by atoms with Gasteiger partial charge in [-0.25, -0.2) is 4.79 Å². The molecule has 9 nitrogen and oxygen atoms in total. The van der Waals surface area contributed by atoms with E-state index in [1.807, 2.05) is 27.7 Å². The number of phenols is 1. The number of phenolic OH excluding ortho intramolecular Hbond substituents is 1. The Kier molecular flexibility index (Phi) is 10.8. The maximum atomic E-state index is 14.1. The van der Waals surface area contributed by atoms with E-state index in [0.29, 0.717) is 29.0 Å². The second-order valence-corrected chi connectivity index (χ2v) is 11.3. The molecule has 0 aliphatic carbocycles. The molecule has 3 amide bonds. The zero-order valence-corrected chi connectivity index (χ0v) is 24.5. The number of benzene rings is 2. The molecule has 0 aliphatic rings. The number of rotatable bonds is 10. The second kappa shape index (κ2) is 13.4. The van der Waals surface area contributed by atoms with Crippen LogP contribution in [0.2, 0.25) is 0 Å². The molecule has 0 saturated carbocycles. The van der Waals surface area contributed by atoms with E-state index in [1.165, 1.54) is 11.0 Å². The quantitative estimate of drug-likeness (QED) is 0.362. The van der Waals surface area contributed by atoms with Crippen LogP contribution in [0.15, 0.2) is 42.5 Å². The topological polar surface area (TPSA) is 117 Å². The zero-order chi connectivity index (χ0) is 29.5. The standard InChI is InChI=1S/C30H43N3O6/c1-18(2)16-24(32-29(37)39-30(6,7)8)28(36)33(19(3)4)26(21-10-15-25(34)20(5)17-21)27(35)31-22-11-13-23(38-9)14-12-22/h10-15,17-19,24,26,34H,16H2,1-9H3,(H,31,35)(H,32,37). The Hall–Kier alpha value is -3.75. The van der Waals surface area contributed by atoms with Crippen LogP contribution in [0.25, 0.3) is 0 Å². The first kappa shape index (κ1) is 31.5. The van der Waals surface area contributed by atoms with Crippen LogP contribution in [0.5, 0.6) is 11.5 Å². The number of methoxy groups -OCH3 is 1. The number of carbonyl (C=O) groups excluding carboxylic acids is 3. The lowest BCUT2D eigenvalue weighted by molar-refractivity contribution is -0.143. The van der Waals surface area contributed by atoms with Gasteiger partial charge in [-0.3, -0.25) is 9.59 Å². The summed E-state index contributed by atoms with van der Waals surface area (Å²) in [6.07, 6.45) is -0.354. The first-order valence-corrected chi connectivity index (χ1v) is 13.2. The Balaban J connectivity index is 2.54. The minimum atomic E-state index is -1.05. The number of aryl methyl sites for hydroxylation is 1. The van der Waals surface area contributed by atoms with Gasteiger partial charge in [0.15, 0.2) is 0 Å². The van der Waals surface area contributed by atoms with Gasteiger partial charge in [0.25, 0.3) is 5.91 Å². The number of nitrogens with zero attached hydrogens (tertiary/aromatic N) is 1. The minimum Gasteiger partial charge on any atom is -0.508 e. The van der Waals surface area contributed by atoms with Crippen LogP contribution in [0.1, 0.15) is 72.1 Å². The molecule has 0 radical (unpaired) electrons. The number of anilines is 1. The number of ether oxygens (including phenoxy) is 2. The summed E-state index contributed by atoms with van der Waals surface area (Å²) >= 11 is 0. The van der Waals surface area contributed by atoms with Crippen molar-refractivity contribution < 1.29 is 29.0 Å². The molecule has 214 valence electrons. The molecule has 2 atom stereocenters. The van der Waals surface area contributed by atoms with Crippen molar-refractivity contribution in [3.63, 3.8) is 0 Å². The highest BCUT2D eigenvalue weighted by atomic mass is 16.6. The van der Waals surface area contributed by atoms with E-state index in [1.54, 1.807) is 71.2 Å². The molecule has 0 spiro atoms. The number of amides is 3. The molecule has 2 aromatic rings.